The summed E-state index contributed by atoms with van der Waals surface area (Å²) < 4.78 is 0. The van der Waals surface area contributed by atoms with Crippen LogP contribution in [-0.4, -0.2) is 46.9 Å². The molecule has 112 valence electrons. The molecule has 2 aromatic rings. The quantitative estimate of drug-likeness (QED) is 0.872. The van der Waals surface area contributed by atoms with E-state index in [1.54, 1.807) is 22.7 Å². The van der Waals surface area contributed by atoms with Crippen molar-refractivity contribution in [2.45, 2.75) is 20.4 Å². The molecule has 1 amide bonds. The van der Waals surface area contributed by atoms with Crippen LogP contribution in [0.15, 0.2) is 17.0 Å². The Bertz CT molecular complexity index is 593. The number of carbonyl (C=O) groups excluding carboxylic acids is 1. The molecule has 1 saturated heterocycles. The molecule has 0 aromatic carbocycles. The normalized spacial score (nSPS) is 16.4. The summed E-state index contributed by atoms with van der Waals surface area (Å²) in [5.41, 5.74) is 4.21. The smallest absolute Gasteiger partial charge is 0.264 e. The van der Waals surface area contributed by atoms with Gasteiger partial charge in [-0.05, 0) is 25.5 Å². The number of piperazine rings is 1. The maximum Gasteiger partial charge on any atom is 0.264 e. The van der Waals surface area contributed by atoms with Gasteiger partial charge >= 0.3 is 0 Å². The van der Waals surface area contributed by atoms with Gasteiger partial charge in [-0.25, -0.2) is 4.98 Å². The second-order valence-electron chi connectivity index (χ2n) is 5.40. The summed E-state index contributed by atoms with van der Waals surface area (Å²) in [6, 6.07) is 2.02. The molecule has 0 saturated carbocycles. The van der Waals surface area contributed by atoms with Crippen molar-refractivity contribution < 1.29 is 4.79 Å². The van der Waals surface area contributed by atoms with Crippen molar-refractivity contribution in [3.63, 3.8) is 0 Å². The Morgan fingerprint density at radius 3 is 2.62 bits per heavy atom. The molecule has 21 heavy (non-hydrogen) atoms. The molecule has 1 aliphatic rings. The minimum absolute atomic E-state index is 0.185. The maximum absolute atomic E-state index is 12.5. The molecular weight excluding hydrogens is 302 g/mol. The van der Waals surface area contributed by atoms with Crippen molar-refractivity contribution in [2.24, 2.45) is 0 Å². The zero-order valence-corrected chi connectivity index (χ0v) is 14.0. The van der Waals surface area contributed by atoms with Crippen molar-refractivity contribution in [2.75, 3.05) is 26.2 Å². The number of thiazole rings is 1. The average molecular weight is 321 g/mol. The van der Waals surface area contributed by atoms with E-state index in [9.17, 15) is 4.79 Å². The van der Waals surface area contributed by atoms with Gasteiger partial charge in [0.1, 0.15) is 0 Å². The van der Waals surface area contributed by atoms with E-state index in [4.69, 9.17) is 0 Å². The van der Waals surface area contributed by atoms with Crippen LogP contribution in [0.2, 0.25) is 0 Å². The van der Waals surface area contributed by atoms with Crippen molar-refractivity contribution in [3.05, 3.63) is 38.0 Å². The number of aromatic nitrogens is 1. The summed E-state index contributed by atoms with van der Waals surface area (Å²) in [5, 5.41) is 2.09. The molecule has 0 unspecified atom stereocenters. The molecule has 2 aromatic heterocycles. The topological polar surface area (TPSA) is 36.4 Å². The fourth-order valence-electron chi connectivity index (χ4n) is 2.49. The van der Waals surface area contributed by atoms with Gasteiger partial charge in [-0.15, -0.1) is 22.7 Å². The summed E-state index contributed by atoms with van der Waals surface area (Å²) >= 11 is 3.24. The van der Waals surface area contributed by atoms with E-state index in [0.717, 1.165) is 43.3 Å². The minimum Gasteiger partial charge on any atom is -0.335 e. The lowest BCUT2D eigenvalue weighted by molar-refractivity contribution is 0.0632. The third-order valence-electron chi connectivity index (χ3n) is 3.91. The highest BCUT2D eigenvalue weighted by molar-refractivity contribution is 7.14. The summed E-state index contributed by atoms with van der Waals surface area (Å²) in [6.07, 6.45) is 0. The number of aryl methyl sites for hydroxylation is 2. The van der Waals surface area contributed by atoms with Crippen LogP contribution in [0, 0.1) is 13.8 Å². The molecule has 1 aliphatic heterocycles. The lowest BCUT2D eigenvalue weighted by atomic mass is 10.2. The monoisotopic (exact) mass is 321 g/mol. The summed E-state index contributed by atoms with van der Waals surface area (Å²) in [7, 11) is 0. The lowest BCUT2D eigenvalue weighted by Gasteiger charge is -2.34. The summed E-state index contributed by atoms with van der Waals surface area (Å²) in [5.74, 6) is 0.185. The Labute approximate surface area is 133 Å². The second kappa shape index (κ2) is 6.25. The Morgan fingerprint density at radius 2 is 2.05 bits per heavy atom. The molecule has 0 aliphatic carbocycles. The number of amides is 1. The van der Waals surface area contributed by atoms with E-state index in [1.807, 2.05) is 16.5 Å². The minimum atomic E-state index is 0.185. The Hall–Kier alpha value is -1.24. The molecule has 0 bridgehead atoms. The predicted molar refractivity (Wildman–Crippen MR) is 87.1 cm³/mol. The van der Waals surface area contributed by atoms with Crippen LogP contribution in [-0.2, 0) is 6.54 Å². The lowest BCUT2D eigenvalue weighted by Crippen LogP contribution is -2.48. The van der Waals surface area contributed by atoms with Crippen molar-refractivity contribution in [1.82, 2.24) is 14.8 Å². The first-order valence-electron chi connectivity index (χ1n) is 7.09. The summed E-state index contributed by atoms with van der Waals surface area (Å²) in [4.78, 5) is 23.3. The van der Waals surface area contributed by atoms with E-state index >= 15 is 0 Å². The number of carbonyl (C=O) groups is 1. The highest BCUT2D eigenvalue weighted by atomic mass is 32.1. The van der Waals surface area contributed by atoms with E-state index in [-0.39, 0.29) is 5.91 Å². The SMILES string of the molecule is Cc1cc(C(=O)N2CCN(Cc3cscn3)CC2)sc1C. The molecule has 3 rings (SSSR count). The van der Waals surface area contributed by atoms with E-state index in [2.05, 4.69) is 29.1 Å². The van der Waals surface area contributed by atoms with Crippen LogP contribution < -0.4 is 0 Å². The van der Waals surface area contributed by atoms with Gasteiger partial charge in [-0.3, -0.25) is 9.69 Å². The van der Waals surface area contributed by atoms with Crippen LogP contribution >= 0.6 is 22.7 Å². The van der Waals surface area contributed by atoms with E-state index < -0.39 is 0 Å². The predicted octanol–water partition coefficient (Wildman–Crippen LogP) is 2.78. The van der Waals surface area contributed by atoms with Gasteiger partial charge in [0, 0.05) is 43.0 Å². The first-order chi connectivity index (χ1) is 10.1. The highest BCUT2D eigenvalue weighted by Crippen LogP contribution is 2.22. The van der Waals surface area contributed by atoms with Crippen molar-refractivity contribution >= 4 is 28.6 Å². The Morgan fingerprint density at radius 1 is 1.29 bits per heavy atom. The van der Waals surface area contributed by atoms with E-state index in [1.165, 1.54) is 10.4 Å². The molecular formula is C15H19N3OS2. The third kappa shape index (κ3) is 3.33. The van der Waals surface area contributed by atoms with Gasteiger partial charge in [0.2, 0.25) is 0 Å². The van der Waals surface area contributed by atoms with Gasteiger partial charge < -0.3 is 4.90 Å². The number of hydrogen-bond donors (Lipinski definition) is 0. The third-order valence-corrected chi connectivity index (χ3v) is 5.68. The zero-order chi connectivity index (χ0) is 14.8. The number of rotatable bonds is 3. The van der Waals surface area contributed by atoms with Crippen LogP contribution in [0.1, 0.15) is 25.8 Å². The van der Waals surface area contributed by atoms with Gasteiger partial charge in [0.05, 0.1) is 16.1 Å². The van der Waals surface area contributed by atoms with Gasteiger partial charge in [0.15, 0.2) is 0 Å². The molecule has 0 radical (unpaired) electrons. The molecule has 4 nitrogen and oxygen atoms in total. The molecule has 3 heterocycles. The summed E-state index contributed by atoms with van der Waals surface area (Å²) in [6.45, 7) is 8.48. The second-order valence-corrected chi connectivity index (χ2v) is 7.37. The molecule has 0 N–H and O–H groups in total. The molecule has 6 heteroatoms. The van der Waals surface area contributed by atoms with Crippen LogP contribution in [0.3, 0.4) is 0 Å². The van der Waals surface area contributed by atoms with Gasteiger partial charge in [0.25, 0.3) is 5.91 Å². The van der Waals surface area contributed by atoms with Crippen LogP contribution in [0.25, 0.3) is 0 Å². The largest absolute Gasteiger partial charge is 0.335 e. The fraction of sp³-hybridized carbons (Fsp3) is 0.467. The standard InChI is InChI=1S/C15H19N3OS2/c1-11-7-14(21-12(11)2)15(19)18-5-3-17(4-6-18)8-13-9-20-10-16-13/h7,9-10H,3-6,8H2,1-2H3. The first kappa shape index (κ1) is 14.7. The number of thiophene rings is 1. The highest BCUT2D eigenvalue weighted by Gasteiger charge is 2.23. The first-order valence-corrected chi connectivity index (χ1v) is 8.85. The number of hydrogen-bond acceptors (Lipinski definition) is 5. The maximum atomic E-state index is 12.5. The van der Waals surface area contributed by atoms with Crippen LogP contribution in [0.5, 0.6) is 0 Å². The number of nitrogens with zero attached hydrogens (tertiary/aromatic N) is 3. The molecule has 0 spiro atoms. The fourth-order valence-corrected chi connectivity index (χ4v) is 4.04. The zero-order valence-electron chi connectivity index (χ0n) is 12.3. The van der Waals surface area contributed by atoms with Crippen molar-refractivity contribution in [1.29, 1.82) is 0 Å². The van der Waals surface area contributed by atoms with Gasteiger partial charge in [-0.2, -0.15) is 0 Å². The average Bonchev–Trinajstić information content (AvgIpc) is 3.10. The molecule has 1 fully saturated rings. The van der Waals surface area contributed by atoms with Gasteiger partial charge in [-0.1, -0.05) is 0 Å². The van der Waals surface area contributed by atoms with Crippen LogP contribution in [0.4, 0.5) is 0 Å². The van der Waals surface area contributed by atoms with Crippen molar-refractivity contribution in [3.8, 4) is 0 Å². The molecule has 0 atom stereocenters. The van der Waals surface area contributed by atoms with E-state index in [0.29, 0.717) is 0 Å². The Balaban J connectivity index is 1.56. The Kier molecular flexibility index (Phi) is 4.37.